The van der Waals surface area contributed by atoms with E-state index in [1.54, 1.807) is 0 Å². The SMILES string of the molecule is NC(=O)NCCNc1cc(C(N)=O)ccc1[N+](=O)[O-]. The van der Waals surface area contributed by atoms with Gasteiger partial charge in [0.05, 0.1) is 4.92 Å². The molecule has 19 heavy (non-hydrogen) atoms. The third-order valence-electron chi connectivity index (χ3n) is 2.22. The normalized spacial score (nSPS) is 9.68. The van der Waals surface area contributed by atoms with Gasteiger partial charge in [0.2, 0.25) is 5.91 Å². The van der Waals surface area contributed by atoms with Gasteiger partial charge in [-0.25, -0.2) is 4.79 Å². The maximum absolute atomic E-state index is 11.0. The average molecular weight is 267 g/mol. The van der Waals surface area contributed by atoms with Crippen LogP contribution in [0.3, 0.4) is 0 Å². The number of nitrogens with zero attached hydrogens (tertiary/aromatic N) is 1. The Morgan fingerprint density at radius 2 is 1.95 bits per heavy atom. The van der Waals surface area contributed by atoms with Crippen molar-refractivity contribution in [3.05, 3.63) is 33.9 Å². The highest BCUT2D eigenvalue weighted by molar-refractivity contribution is 5.94. The predicted molar refractivity (Wildman–Crippen MR) is 67.7 cm³/mol. The summed E-state index contributed by atoms with van der Waals surface area (Å²) < 4.78 is 0. The largest absolute Gasteiger partial charge is 0.378 e. The third kappa shape index (κ3) is 4.15. The summed E-state index contributed by atoms with van der Waals surface area (Å²) >= 11 is 0. The fourth-order valence-corrected chi connectivity index (χ4v) is 1.37. The molecule has 102 valence electrons. The molecular weight excluding hydrogens is 254 g/mol. The minimum absolute atomic E-state index is 0.146. The lowest BCUT2D eigenvalue weighted by atomic mass is 10.1. The molecule has 0 bridgehead atoms. The van der Waals surface area contributed by atoms with Crippen molar-refractivity contribution < 1.29 is 14.5 Å². The Morgan fingerprint density at radius 1 is 1.26 bits per heavy atom. The topological polar surface area (TPSA) is 153 Å². The molecule has 1 rings (SSSR count). The van der Waals surface area contributed by atoms with E-state index in [4.69, 9.17) is 11.5 Å². The molecule has 0 radical (unpaired) electrons. The first-order valence-electron chi connectivity index (χ1n) is 5.27. The molecule has 1 aromatic carbocycles. The summed E-state index contributed by atoms with van der Waals surface area (Å²) in [5.74, 6) is -0.687. The second-order valence-corrected chi connectivity index (χ2v) is 3.57. The summed E-state index contributed by atoms with van der Waals surface area (Å²) in [6, 6.07) is 3.05. The molecule has 0 spiro atoms. The Morgan fingerprint density at radius 3 is 2.47 bits per heavy atom. The number of anilines is 1. The monoisotopic (exact) mass is 267 g/mol. The summed E-state index contributed by atoms with van der Waals surface area (Å²) in [7, 11) is 0. The summed E-state index contributed by atoms with van der Waals surface area (Å²) in [6.07, 6.45) is 0. The minimum atomic E-state index is -0.692. The fraction of sp³-hybridized carbons (Fsp3) is 0.200. The van der Waals surface area contributed by atoms with Crippen molar-refractivity contribution in [2.45, 2.75) is 0 Å². The number of carbonyl (C=O) groups is 2. The molecule has 9 heteroatoms. The first-order chi connectivity index (χ1) is 8.91. The molecule has 3 amide bonds. The van der Waals surface area contributed by atoms with Gasteiger partial charge in [-0.3, -0.25) is 14.9 Å². The van der Waals surface area contributed by atoms with Crippen LogP contribution in [0.1, 0.15) is 10.4 Å². The number of nitrogens with two attached hydrogens (primary N) is 2. The molecule has 0 atom stereocenters. The number of carbonyl (C=O) groups excluding carboxylic acids is 2. The number of primary amides is 2. The lowest BCUT2D eigenvalue weighted by Crippen LogP contribution is -2.33. The summed E-state index contributed by atoms with van der Waals surface area (Å²) in [4.78, 5) is 31.7. The van der Waals surface area contributed by atoms with Gasteiger partial charge in [-0.05, 0) is 12.1 Å². The van der Waals surface area contributed by atoms with Gasteiger partial charge in [0.15, 0.2) is 0 Å². The van der Waals surface area contributed by atoms with Gasteiger partial charge in [-0.1, -0.05) is 0 Å². The molecule has 0 aliphatic heterocycles. The highest BCUT2D eigenvalue weighted by Gasteiger charge is 2.15. The molecule has 9 nitrogen and oxygen atoms in total. The second kappa shape index (κ2) is 6.19. The van der Waals surface area contributed by atoms with Crippen molar-refractivity contribution >= 4 is 23.3 Å². The highest BCUT2D eigenvalue weighted by atomic mass is 16.6. The van der Waals surface area contributed by atoms with E-state index >= 15 is 0 Å². The molecule has 0 heterocycles. The van der Waals surface area contributed by atoms with Crippen LogP contribution in [0.15, 0.2) is 18.2 Å². The predicted octanol–water partition coefficient (Wildman–Crippen LogP) is -0.226. The molecule has 0 aromatic heterocycles. The van der Waals surface area contributed by atoms with Gasteiger partial charge in [0.1, 0.15) is 5.69 Å². The Bertz CT molecular complexity index is 517. The van der Waals surface area contributed by atoms with Crippen LogP contribution < -0.4 is 22.1 Å². The first kappa shape index (κ1) is 14.2. The van der Waals surface area contributed by atoms with E-state index in [2.05, 4.69) is 10.6 Å². The fourth-order valence-electron chi connectivity index (χ4n) is 1.37. The molecule has 0 aliphatic carbocycles. The van der Waals surface area contributed by atoms with Crippen molar-refractivity contribution in [2.24, 2.45) is 11.5 Å². The molecule has 0 aliphatic rings. The van der Waals surface area contributed by atoms with E-state index in [9.17, 15) is 19.7 Å². The number of hydrogen-bond donors (Lipinski definition) is 4. The van der Waals surface area contributed by atoms with Crippen LogP contribution >= 0.6 is 0 Å². The van der Waals surface area contributed by atoms with Gasteiger partial charge < -0.3 is 22.1 Å². The average Bonchev–Trinajstić information content (AvgIpc) is 2.33. The number of rotatable bonds is 6. The zero-order valence-electron chi connectivity index (χ0n) is 9.88. The van der Waals surface area contributed by atoms with Gasteiger partial charge >= 0.3 is 6.03 Å². The van der Waals surface area contributed by atoms with E-state index in [-0.39, 0.29) is 30.0 Å². The maximum Gasteiger partial charge on any atom is 0.312 e. The lowest BCUT2D eigenvalue weighted by Gasteiger charge is -2.08. The zero-order valence-corrected chi connectivity index (χ0v) is 9.88. The molecular formula is C10H13N5O4. The zero-order chi connectivity index (χ0) is 14.4. The number of amides is 3. The Hall–Kier alpha value is -2.84. The summed E-state index contributed by atoms with van der Waals surface area (Å²) in [5.41, 5.74) is 10.1. The van der Waals surface area contributed by atoms with Gasteiger partial charge in [-0.2, -0.15) is 0 Å². The summed E-state index contributed by atoms with van der Waals surface area (Å²) in [5, 5.41) is 15.8. The molecule has 0 saturated heterocycles. The van der Waals surface area contributed by atoms with E-state index in [0.29, 0.717) is 0 Å². The van der Waals surface area contributed by atoms with E-state index in [1.165, 1.54) is 18.2 Å². The van der Waals surface area contributed by atoms with Crippen molar-refractivity contribution in [1.29, 1.82) is 0 Å². The molecule has 0 unspecified atom stereocenters. The molecule has 0 saturated carbocycles. The van der Waals surface area contributed by atoms with Crippen LogP contribution in [0.5, 0.6) is 0 Å². The Balaban J connectivity index is 2.82. The van der Waals surface area contributed by atoms with Crippen LogP contribution in [0.25, 0.3) is 0 Å². The maximum atomic E-state index is 11.0. The number of nitro groups is 1. The van der Waals surface area contributed by atoms with Crippen molar-refractivity contribution in [1.82, 2.24) is 5.32 Å². The van der Waals surface area contributed by atoms with Crippen LogP contribution in [-0.4, -0.2) is 30.0 Å². The highest BCUT2D eigenvalue weighted by Crippen LogP contribution is 2.25. The summed E-state index contributed by atoms with van der Waals surface area (Å²) in [6.45, 7) is 0.402. The lowest BCUT2D eigenvalue weighted by molar-refractivity contribution is -0.384. The smallest absolute Gasteiger partial charge is 0.312 e. The minimum Gasteiger partial charge on any atom is -0.378 e. The second-order valence-electron chi connectivity index (χ2n) is 3.57. The number of hydrogen-bond acceptors (Lipinski definition) is 5. The van der Waals surface area contributed by atoms with Crippen molar-refractivity contribution in [3.63, 3.8) is 0 Å². The van der Waals surface area contributed by atoms with Crippen molar-refractivity contribution in [2.75, 3.05) is 18.4 Å². The van der Waals surface area contributed by atoms with Crippen LogP contribution in [0.4, 0.5) is 16.2 Å². The number of urea groups is 1. The van der Waals surface area contributed by atoms with Crippen LogP contribution in [-0.2, 0) is 0 Å². The standard InChI is InChI=1S/C10H13N5O4/c11-9(16)6-1-2-8(15(18)19)7(5-6)13-3-4-14-10(12)17/h1-2,5,13H,3-4H2,(H2,11,16)(H3,12,14,17). The Kier molecular flexibility index (Phi) is 4.63. The molecule has 0 fully saturated rings. The number of nitrogens with one attached hydrogen (secondary N) is 2. The Labute approximate surface area is 108 Å². The quantitative estimate of drug-likeness (QED) is 0.318. The van der Waals surface area contributed by atoms with Crippen LogP contribution in [0, 0.1) is 10.1 Å². The van der Waals surface area contributed by atoms with Gasteiger partial charge in [0.25, 0.3) is 5.69 Å². The van der Waals surface area contributed by atoms with E-state index < -0.39 is 16.9 Å². The third-order valence-corrected chi connectivity index (χ3v) is 2.22. The van der Waals surface area contributed by atoms with Crippen LogP contribution in [0.2, 0.25) is 0 Å². The number of benzene rings is 1. The van der Waals surface area contributed by atoms with Crippen molar-refractivity contribution in [3.8, 4) is 0 Å². The number of nitro benzene ring substituents is 1. The van der Waals surface area contributed by atoms with Gasteiger partial charge in [-0.15, -0.1) is 0 Å². The van der Waals surface area contributed by atoms with Gasteiger partial charge in [0, 0.05) is 24.7 Å². The molecule has 1 aromatic rings. The van der Waals surface area contributed by atoms with E-state index in [0.717, 1.165) is 0 Å². The molecule has 6 N–H and O–H groups in total. The first-order valence-corrected chi connectivity index (χ1v) is 5.27. The van der Waals surface area contributed by atoms with E-state index in [1.807, 2.05) is 0 Å².